The van der Waals surface area contributed by atoms with Gasteiger partial charge in [-0.15, -0.1) is 0 Å². The van der Waals surface area contributed by atoms with Crippen LogP contribution >= 0.6 is 0 Å². The number of rotatable bonds is 7. The van der Waals surface area contributed by atoms with E-state index in [2.05, 4.69) is 43.8 Å². The van der Waals surface area contributed by atoms with E-state index in [1.807, 2.05) is 47.0 Å². The van der Waals surface area contributed by atoms with Gasteiger partial charge in [0, 0.05) is 35.5 Å². The highest BCUT2D eigenvalue weighted by Gasteiger charge is 2.19. The highest BCUT2D eigenvalue weighted by molar-refractivity contribution is 5.94. The van der Waals surface area contributed by atoms with E-state index in [1.54, 1.807) is 18.5 Å². The fourth-order valence-electron chi connectivity index (χ4n) is 4.94. The van der Waals surface area contributed by atoms with Crippen LogP contribution in [0, 0.1) is 5.82 Å². The lowest BCUT2D eigenvalue weighted by Crippen LogP contribution is -2.43. The number of imidazole rings is 1. The zero-order valence-corrected chi connectivity index (χ0v) is 21.7. The van der Waals surface area contributed by atoms with Crippen LogP contribution < -0.4 is 10.6 Å². The Morgan fingerprint density at radius 2 is 1.79 bits per heavy atom. The fourth-order valence-corrected chi connectivity index (χ4v) is 4.94. The molecule has 0 bridgehead atoms. The maximum absolute atomic E-state index is 13.3. The van der Waals surface area contributed by atoms with Crippen molar-refractivity contribution in [3.8, 4) is 11.3 Å². The molecular weight excluding hydrogens is 493 g/mol. The summed E-state index contributed by atoms with van der Waals surface area (Å²) in [6.07, 6.45) is 3.76. The Labute approximate surface area is 225 Å². The number of H-pyrrole nitrogens is 1. The number of nitrogens with one attached hydrogen (secondary N) is 3. The molecule has 3 aromatic carbocycles. The number of amides is 1. The van der Waals surface area contributed by atoms with Gasteiger partial charge in [-0.1, -0.05) is 18.2 Å². The third-order valence-electron chi connectivity index (χ3n) is 7.25. The first-order valence-corrected chi connectivity index (χ1v) is 13.1. The molecule has 2 aromatic heterocycles. The van der Waals surface area contributed by atoms with Gasteiger partial charge in [-0.2, -0.15) is 5.10 Å². The van der Waals surface area contributed by atoms with E-state index >= 15 is 0 Å². The Hall–Kier alpha value is -4.50. The molecule has 5 aromatic rings. The van der Waals surface area contributed by atoms with Gasteiger partial charge in [0.15, 0.2) is 5.82 Å². The maximum Gasteiger partial charge on any atom is 0.251 e. The molecule has 0 unspecified atom stereocenters. The highest BCUT2D eigenvalue weighted by Crippen LogP contribution is 2.26. The normalized spacial score (nSPS) is 14.5. The van der Waals surface area contributed by atoms with Crippen molar-refractivity contribution in [2.75, 3.05) is 25.5 Å². The summed E-state index contributed by atoms with van der Waals surface area (Å²) in [5, 5.41) is 14.0. The largest absolute Gasteiger partial charge is 0.349 e. The van der Waals surface area contributed by atoms with Crippen molar-refractivity contribution in [3.05, 3.63) is 96.1 Å². The molecular formula is C30H30FN7O. The Morgan fingerprint density at radius 1 is 1.03 bits per heavy atom. The number of likely N-dealkylation sites (tertiary alicyclic amines) is 1. The second-order valence-electron chi connectivity index (χ2n) is 10.1. The zero-order chi connectivity index (χ0) is 26.8. The lowest BCUT2D eigenvalue weighted by molar-refractivity contribution is 0.0917. The van der Waals surface area contributed by atoms with Gasteiger partial charge < -0.3 is 20.1 Å². The molecule has 3 N–H and O–H groups in total. The summed E-state index contributed by atoms with van der Waals surface area (Å²) in [5.41, 5.74) is 6.20. The molecule has 1 fully saturated rings. The zero-order valence-electron chi connectivity index (χ0n) is 21.7. The van der Waals surface area contributed by atoms with E-state index in [-0.39, 0.29) is 17.8 Å². The van der Waals surface area contributed by atoms with Crippen molar-refractivity contribution >= 4 is 28.4 Å². The van der Waals surface area contributed by atoms with Gasteiger partial charge in [-0.3, -0.25) is 9.89 Å². The number of fused-ring (bicyclic) bond motifs is 1. The second kappa shape index (κ2) is 10.7. The summed E-state index contributed by atoms with van der Waals surface area (Å²) in [7, 11) is 2.11. The molecule has 0 radical (unpaired) electrons. The van der Waals surface area contributed by atoms with E-state index < -0.39 is 0 Å². The maximum atomic E-state index is 13.3. The van der Waals surface area contributed by atoms with E-state index in [0.29, 0.717) is 17.9 Å². The fraction of sp³-hybridized carbons (Fsp3) is 0.233. The minimum Gasteiger partial charge on any atom is -0.349 e. The van der Waals surface area contributed by atoms with Crippen LogP contribution in [-0.2, 0) is 6.54 Å². The molecule has 0 saturated carbocycles. The van der Waals surface area contributed by atoms with E-state index in [0.717, 1.165) is 59.5 Å². The molecule has 6 rings (SSSR count). The first-order chi connectivity index (χ1) is 19.0. The number of piperidine rings is 1. The first kappa shape index (κ1) is 24.8. The summed E-state index contributed by atoms with van der Waals surface area (Å²) in [6, 6.07) is 22.2. The van der Waals surface area contributed by atoms with Crippen LogP contribution in [0.2, 0.25) is 0 Å². The van der Waals surface area contributed by atoms with Gasteiger partial charge in [-0.05, 0) is 87.1 Å². The van der Waals surface area contributed by atoms with Gasteiger partial charge in [0.05, 0.1) is 23.1 Å². The van der Waals surface area contributed by atoms with E-state index in [9.17, 15) is 9.18 Å². The van der Waals surface area contributed by atoms with Crippen LogP contribution in [0.5, 0.6) is 0 Å². The number of carbonyl (C=O) groups excluding carboxylic acids is 1. The monoisotopic (exact) mass is 523 g/mol. The van der Waals surface area contributed by atoms with Crippen LogP contribution in [-0.4, -0.2) is 56.7 Å². The number of aromatic nitrogens is 4. The standard InChI is InChI=1S/C30H30FN7O/c1-37-14-12-25(13-15-37)34-30(39)21-4-9-24(10-5-21)33-29-17-27(35-36-29)22-6-11-26-28(16-22)38(19-32-26)18-20-2-7-23(31)8-3-20/h2-11,16-17,19,25H,12-15,18H2,1H3,(H,34,39)(H2,33,35,36). The average Bonchev–Trinajstić information content (AvgIpc) is 3.58. The Bertz CT molecular complexity index is 1580. The Morgan fingerprint density at radius 3 is 2.56 bits per heavy atom. The molecule has 1 aliphatic heterocycles. The SMILES string of the molecule is CN1CCC(NC(=O)c2ccc(Nc3cc(-c4ccc5ncn(Cc6ccc(F)cc6)c5c4)[nH]n3)cc2)CC1. The number of carbonyl (C=O) groups is 1. The molecule has 0 aliphatic carbocycles. The van der Waals surface area contributed by atoms with Gasteiger partial charge in [0.25, 0.3) is 5.91 Å². The molecule has 8 nitrogen and oxygen atoms in total. The number of anilines is 2. The van der Waals surface area contributed by atoms with Crippen LogP contribution in [0.1, 0.15) is 28.8 Å². The number of aromatic amines is 1. The smallest absolute Gasteiger partial charge is 0.251 e. The number of halogens is 1. The molecule has 0 spiro atoms. The Kier molecular flexibility index (Phi) is 6.81. The summed E-state index contributed by atoms with van der Waals surface area (Å²) in [5.74, 6) is 0.394. The van der Waals surface area contributed by atoms with Crippen molar-refractivity contribution < 1.29 is 9.18 Å². The molecule has 198 valence electrons. The van der Waals surface area contributed by atoms with Crippen molar-refractivity contribution in [1.82, 2.24) is 30.0 Å². The number of hydrogen-bond acceptors (Lipinski definition) is 5. The van der Waals surface area contributed by atoms with Crippen LogP contribution in [0.3, 0.4) is 0 Å². The lowest BCUT2D eigenvalue weighted by atomic mass is 10.0. The van der Waals surface area contributed by atoms with Crippen molar-refractivity contribution in [2.45, 2.75) is 25.4 Å². The van der Waals surface area contributed by atoms with Gasteiger partial charge in [0.1, 0.15) is 5.82 Å². The summed E-state index contributed by atoms with van der Waals surface area (Å²) in [6.45, 7) is 2.61. The number of benzene rings is 3. The molecule has 1 saturated heterocycles. The first-order valence-electron chi connectivity index (χ1n) is 13.1. The lowest BCUT2D eigenvalue weighted by Gasteiger charge is -2.29. The van der Waals surface area contributed by atoms with Gasteiger partial charge in [0.2, 0.25) is 0 Å². The molecule has 1 amide bonds. The van der Waals surface area contributed by atoms with Crippen molar-refractivity contribution in [2.24, 2.45) is 0 Å². The van der Waals surface area contributed by atoms with Crippen LogP contribution in [0.25, 0.3) is 22.3 Å². The van der Waals surface area contributed by atoms with E-state index in [4.69, 9.17) is 0 Å². The minimum atomic E-state index is -0.246. The van der Waals surface area contributed by atoms with Gasteiger partial charge >= 0.3 is 0 Å². The molecule has 9 heteroatoms. The summed E-state index contributed by atoms with van der Waals surface area (Å²) >= 11 is 0. The predicted molar refractivity (Wildman–Crippen MR) is 151 cm³/mol. The second-order valence-corrected chi connectivity index (χ2v) is 10.1. The number of nitrogens with zero attached hydrogens (tertiary/aromatic N) is 4. The minimum absolute atomic E-state index is 0.0350. The van der Waals surface area contributed by atoms with Crippen molar-refractivity contribution in [3.63, 3.8) is 0 Å². The number of hydrogen-bond donors (Lipinski definition) is 3. The summed E-state index contributed by atoms with van der Waals surface area (Å²) < 4.78 is 15.3. The molecule has 39 heavy (non-hydrogen) atoms. The van der Waals surface area contributed by atoms with Gasteiger partial charge in [-0.25, -0.2) is 9.37 Å². The third kappa shape index (κ3) is 5.68. The molecule has 3 heterocycles. The third-order valence-corrected chi connectivity index (χ3v) is 7.25. The van der Waals surface area contributed by atoms with Crippen LogP contribution in [0.15, 0.2) is 79.1 Å². The molecule has 0 atom stereocenters. The topological polar surface area (TPSA) is 90.9 Å². The quantitative estimate of drug-likeness (QED) is 0.273. The van der Waals surface area contributed by atoms with E-state index in [1.165, 1.54) is 12.1 Å². The van der Waals surface area contributed by atoms with Crippen LogP contribution in [0.4, 0.5) is 15.9 Å². The average molecular weight is 524 g/mol. The molecule has 1 aliphatic rings. The highest BCUT2D eigenvalue weighted by atomic mass is 19.1. The predicted octanol–water partition coefficient (Wildman–Crippen LogP) is 5.18. The summed E-state index contributed by atoms with van der Waals surface area (Å²) in [4.78, 5) is 19.4. The van der Waals surface area contributed by atoms with Crippen molar-refractivity contribution in [1.29, 1.82) is 0 Å². The Balaban J connectivity index is 1.12.